The van der Waals surface area contributed by atoms with Crippen LogP contribution in [0.25, 0.3) is 0 Å². The summed E-state index contributed by atoms with van der Waals surface area (Å²) in [7, 11) is 0. The van der Waals surface area contributed by atoms with Crippen molar-refractivity contribution in [3.63, 3.8) is 0 Å². The zero-order chi connectivity index (χ0) is 11.7. The molecule has 0 saturated heterocycles. The molecule has 0 heterocycles. The van der Waals surface area contributed by atoms with Gasteiger partial charge in [-0.05, 0) is 60.8 Å². The average molecular weight is 227 g/mol. The maximum Gasteiger partial charge on any atom is 0.00588 e. The van der Waals surface area contributed by atoms with E-state index in [-0.39, 0.29) is 0 Å². The van der Waals surface area contributed by atoms with Crippen molar-refractivity contribution >= 4 is 0 Å². The van der Waals surface area contributed by atoms with Gasteiger partial charge < -0.3 is 0 Å². The van der Waals surface area contributed by atoms with E-state index in [0.717, 1.165) is 0 Å². The molecule has 1 aromatic rings. The summed E-state index contributed by atoms with van der Waals surface area (Å²) in [6.07, 6.45) is 12.2. The summed E-state index contributed by atoms with van der Waals surface area (Å²) in [5.41, 5.74) is 6.75. The van der Waals surface area contributed by atoms with Crippen LogP contribution < -0.4 is 0 Å². The first-order valence-corrected chi connectivity index (χ1v) is 7.39. The van der Waals surface area contributed by atoms with Gasteiger partial charge in [-0.25, -0.2) is 0 Å². The SMILES string of the molecule is CCCCC[C]1CCc2ccc3c(c21)CCC3. The molecule has 0 fully saturated rings. The van der Waals surface area contributed by atoms with Crippen molar-refractivity contribution < 1.29 is 0 Å². The van der Waals surface area contributed by atoms with Gasteiger partial charge in [0.1, 0.15) is 0 Å². The van der Waals surface area contributed by atoms with E-state index in [1.54, 1.807) is 28.2 Å². The Bertz CT molecular complexity index is 403. The Morgan fingerprint density at radius 2 is 1.82 bits per heavy atom. The summed E-state index contributed by atoms with van der Waals surface area (Å²) in [4.78, 5) is 0. The van der Waals surface area contributed by atoms with Gasteiger partial charge in [-0.2, -0.15) is 0 Å². The summed E-state index contributed by atoms with van der Waals surface area (Å²) in [6, 6.07) is 4.81. The van der Waals surface area contributed by atoms with Crippen molar-refractivity contribution in [1.29, 1.82) is 0 Å². The number of fused-ring (bicyclic) bond motifs is 3. The molecule has 0 unspecified atom stereocenters. The van der Waals surface area contributed by atoms with Gasteiger partial charge in [-0.3, -0.25) is 0 Å². The van der Waals surface area contributed by atoms with Crippen molar-refractivity contribution in [1.82, 2.24) is 0 Å². The van der Waals surface area contributed by atoms with E-state index >= 15 is 0 Å². The van der Waals surface area contributed by atoms with E-state index < -0.39 is 0 Å². The number of unbranched alkanes of at least 4 members (excludes halogenated alkanes) is 2. The molecule has 3 rings (SSSR count). The lowest BCUT2D eigenvalue weighted by Gasteiger charge is -2.15. The third-order valence-electron chi connectivity index (χ3n) is 4.50. The molecule has 0 nitrogen and oxygen atoms in total. The Balaban J connectivity index is 1.83. The third-order valence-corrected chi connectivity index (χ3v) is 4.50. The second-order valence-electron chi connectivity index (χ2n) is 5.65. The molecule has 0 N–H and O–H groups in total. The lowest BCUT2D eigenvalue weighted by molar-refractivity contribution is 0.667. The maximum atomic E-state index is 2.41. The molecule has 17 heavy (non-hydrogen) atoms. The Kier molecular flexibility index (Phi) is 3.22. The fourth-order valence-corrected chi connectivity index (χ4v) is 3.61. The second-order valence-corrected chi connectivity index (χ2v) is 5.65. The molecule has 0 saturated carbocycles. The quantitative estimate of drug-likeness (QED) is 0.658. The highest BCUT2D eigenvalue weighted by atomic mass is 14.3. The summed E-state index contributed by atoms with van der Waals surface area (Å²) in [5.74, 6) is 1.78. The van der Waals surface area contributed by atoms with Crippen LogP contribution in [0.4, 0.5) is 0 Å². The summed E-state index contributed by atoms with van der Waals surface area (Å²) in [5, 5.41) is 0. The number of aryl methyl sites for hydroxylation is 2. The molecule has 91 valence electrons. The summed E-state index contributed by atoms with van der Waals surface area (Å²) < 4.78 is 0. The first-order valence-electron chi connectivity index (χ1n) is 7.39. The summed E-state index contributed by atoms with van der Waals surface area (Å²) in [6.45, 7) is 2.30. The minimum Gasteiger partial charge on any atom is -0.0654 e. The van der Waals surface area contributed by atoms with E-state index in [9.17, 15) is 0 Å². The standard InChI is InChI=1S/C17H23/c1-2-3-4-6-14-11-12-15-10-9-13-7-5-8-16(13)17(14)15/h9-10H,2-8,11-12H2,1H3. The molecule has 0 heteroatoms. The van der Waals surface area contributed by atoms with Gasteiger partial charge in [0.2, 0.25) is 0 Å². The highest BCUT2D eigenvalue weighted by Crippen LogP contribution is 2.41. The van der Waals surface area contributed by atoms with Crippen LogP contribution in [0.1, 0.15) is 67.7 Å². The van der Waals surface area contributed by atoms with Crippen molar-refractivity contribution in [3.8, 4) is 0 Å². The molecular weight excluding hydrogens is 204 g/mol. The zero-order valence-corrected chi connectivity index (χ0v) is 11.0. The van der Waals surface area contributed by atoms with E-state index in [2.05, 4.69) is 19.1 Å². The number of benzene rings is 1. The van der Waals surface area contributed by atoms with Gasteiger partial charge in [-0.1, -0.05) is 38.3 Å². The van der Waals surface area contributed by atoms with E-state index in [1.807, 2.05) is 0 Å². The normalized spacial score (nSPS) is 18.4. The van der Waals surface area contributed by atoms with Crippen molar-refractivity contribution in [2.24, 2.45) is 0 Å². The van der Waals surface area contributed by atoms with Gasteiger partial charge in [0.25, 0.3) is 0 Å². The largest absolute Gasteiger partial charge is 0.0654 e. The molecule has 0 bridgehead atoms. The molecular formula is C17H23. The van der Waals surface area contributed by atoms with Gasteiger partial charge in [-0.15, -0.1) is 0 Å². The molecule has 1 aromatic carbocycles. The first-order chi connectivity index (χ1) is 8.40. The lowest BCUT2D eigenvalue weighted by Crippen LogP contribution is -2.00. The predicted molar refractivity (Wildman–Crippen MR) is 73.3 cm³/mol. The fourth-order valence-electron chi connectivity index (χ4n) is 3.61. The van der Waals surface area contributed by atoms with E-state index in [0.29, 0.717) is 0 Å². The lowest BCUT2D eigenvalue weighted by atomic mass is 9.90. The first kappa shape index (κ1) is 11.3. The van der Waals surface area contributed by atoms with Gasteiger partial charge in [0, 0.05) is 5.92 Å². The van der Waals surface area contributed by atoms with E-state index in [1.165, 1.54) is 57.8 Å². The van der Waals surface area contributed by atoms with Gasteiger partial charge >= 0.3 is 0 Å². The molecule has 0 atom stereocenters. The second kappa shape index (κ2) is 4.84. The Hall–Kier alpha value is -0.780. The van der Waals surface area contributed by atoms with Crippen LogP contribution in [0.5, 0.6) is 0 Å². The van der Waals surface area contributed by atoms with Crippen LogP contribution in [0.15, 0.2) is 12.1 Å². The monoisotopic (exact) mass is 227 g/mol. The minimum absolute atomic E-state index is 1.31. The number of hydrogen-bond acceptors (Lipinski definition) is 0. The topological polar surface area (TPSA) is 0 Å². The minimum atomic E-state index is 1.31. The zero-order valence-electron chi connectivity index (χ0n) is 11.0. The van der Waals surface area contributed by atoms with Crippen LogP contribution in [0, 0.1) is 5.92 Å². The average Bonchev–Trinajstić information content (AvgIpc) is 2.94. The highest BCUT2D eigenvalue weighted by molar-refractivity contribution is 5.53. The Morgan fingerprint density at radius 1 is 0.941 bits per heavy atom. The number of hydrogen-bond donors (Lipinski definition) is 0. The van der Waals surface area contributed by atoms with Gasteiger partial charge in [0.05, 0.1) is 0 Å². The summed E-state index contributed by atoms with van der Waals surface area (Å²) >= 11 is 0. The smallest absolute Gasteiger partial charge is 0.00588 e. The highest BCUT2D eigenvalue weighted by Gasteiger charge is 2.28. The van der Waals surface area contributed by atoms with Crippen LogP contribution in [0.2, 0.25) is 0 Å². The Morgan fingerprint density at radius 3 is 2.71 bits per heavy atom. The van der Waals surface area contributed by atoms with Crippen LogP contribution in [-0.2, 0) is 19.3 Å². The molecule has 0 amide bonds. The Labute approximate surface area is 105 Å². The molecule has 0 aliphatic heterocycles. The van der Waals surface area contributed by atoms with Crippen LogP contribution in [0.3, 0.4) is 0 Å². The third kappa shape index (κ3) is 2.03. The predicted octanol–water partition coefficient (Wildman–Crippen LogP) is 4.62. The van der Waals surface area contributed by atoms with Crippen molar-refractivity contribution in [2.75, 3.05) is 0 Å². The van der Waals surface area contributed by atoms with E-state index in [4.69, 9.17) is 0 Å². The van der Waals surface area contributed by atoms with Crippen LogP contribution >= 0.6 is 0 Å². The molecule has 1 radical (unpaired) electrons. The maximum absolute atomic E-state index is 2.41. The molecule has 2 aliphatic carbocycles. The van der Waals surface area contributed by atoms with Crippen molar-refractivity contribution in [2.45, 2.75) is 64.7 Å². The fraction of sp³-hybridized carbons (Fsp3) is 0.588. The molecule has 0 aromatic heterocycles. The van der Waals surface area contributed by atoms with Gasteiger partial charge in [0.15, 0.2) is 0 Å². The van der Waals surface area contributed by atoms with Crippen molar-refractivity contribution in [3.05, 3.63) is 40.3 Å². The molecule has 2 aliphatic rings. The van der Waals surface area contributed by atoms with Crippen LogP contribution in [-0.4, -0.2) is 0 Å². The number of rotatable bonds is 4. The molecule has 0 spiro atoms.